The fourth-order valence-corrected chi connectivity index (χ4v) is 4.63. The molecule has 0 bridgehead atoms. The number of nitriles is 1. The number of amides is 2. The molecule has 0 saturated carbocycles. The van der Waals surface area contributed by atoms with Gasteiger partial charge in [-0.1, -0.05) is 52.7 Å². The Bertz CT molecular complexity index is 1040. The van der Waals surface area contributed by atoms with Crippen LogP contribution in [-0.2, 0) is 16.0 Å². The van der Waals surface area contributed by atoms with E-state index >= 15 is 0 Å². The highest BCUT2D eigenvalue weighted by Gasteiger charge is 2.40. The minimum atomic E-state index is -0.546. The van der Waals surface area contributed by atoms with Crippen molar-refractivity contribution in [1.82, 2.24) is 5.32 Å². The topological polar surface area (TPSA) is 73.2 Å². The maximum Gasteiger partial charge on any atom is 0.264 e. The molecule has 0 spiro atoms. The van der Waals surface area contributed by atoms with Gasteiger partial charge in [0.05, 0.1) is 5.25 Å². The maximum atomic E-state index is 13.3. The predicted octanol–water partition coefficient (Wildman–Crippen LogP) is 4.47. The highest BCUT2D eigenvalue weighted by atomic mass is 35.5. The van der Waals surface area contributed by atoms with Gasteiger partial charge in [-0.05, 0) is 49.2 Å². The van der Waals surface area contributed by atoms with Crippen molar-refractivity contribution in [1.29, 1.82) is 5.26 Å². The van der Waals surface area contributed by atoms with E-state index in [1.54, 1.807) is 30.3 Å². The van der Waals surface area contributed by atoms with Crippen LogP contribution in [0.1, 0.15) is 11.1 Å². The van der Waals surface area contributed by atoms with Crippen molar-refractivity contribution < 1.29 is 9.59 Å². The Morgan fingerprint density at radius 1 is 1.24 bits per heavy atom. The second kappa shape index (κ2) is 8.91. The van der Waals surface area contributed by atoms with Crippen molar-refractivity contribution >= 4 is 52.5 Å². The lowest BCUT2D eigenvalue weighted by molar-refractivity contribution is -0.117. The van der Waals surface area contributed by atoms with Gasteiger partial charge in [-0.15, -0.1) is 0 Å². The van der Waals surface area contributed by atoms with Crippen LogP contribution in [0.15, 0.2) is 53.1 Å². The third-order valence-corrected chi connectivity index (χ3v) is 6.30. The second-order valence-corrected chi connectivity index (χ2v) is 8.46. The number of hydrogen-bond acceptors (Lipinski definition) is 4. The average Bonchev–Trinajstić information content (AvgIpc) is 3.01. The Labute approximate surface area is 183 Å². The second-order valence-electron chi connectivity index (χ2n) is 6.43. The molecule has 1 fully saturated rings. The van der Waals surface area contributed by atoms with E-state index in [4.69, 9.17) is 23.2 Å². The predicted molar refractivity (Wildman–Crippen MR) is 117 cm³/mol. The van der Waals surface area contributed by atoms with Gasteiger partial charge in [-0.3, -0.25) is 14.5 Å². The number of hydrogen-bond donors (Lipinski definition) is 1. The third kappa shape index (κ3) is 4.43. The third-order valence-electron chi connectivity index (χ3n) is 4.44. The standard InChI is InChI=1S/C21H17Cl2N3O2S/c1-12-3-6-15(7-4-12)26-20(28)18(10-13-9-14(22)5-8-17(13)23)29-21(26)16(11-24)19(27)25-2/h3-9,18H,10H2,1-2H3,(H,25,27)/b21-16+/t18-/m1/s1. The van der Waals surface area contributed by atoms with Gasteiger partial charge in [0.2, 0.25) is 5.91 Å². The lowest BCUT2D eigenvalue weighted by Gasteiger charge is -2.18. The summed E-state index contributed by atoms with van der Waals surface area (Å²) in [5.74, 6) is -0.761. The minimum Gasteiger partial charge on any atom is -0.354 e. The van der Waals surface area contributed by atoms with E-state index in [0.29, 0.717) is 27.2 Å². The first-order valence-electron chi connectivity index (χ1n) is 8.73. The number of aryl methyl sites for hydroxylation is 1. The molecule has 8 heteroatoms. The molecule has 1 heterocycles. The molecular weight excluding hydrogens is 429 g/mol. The van der Waals surface area contributed by atoms with E-state index in [9.17, 15) is 14.9 Å². The molecule has 1 saturated heterocycles. The molecular formula is C21H17Cl2N3O2S. The molecule has 0 radical (unpaired) electrons. The molecule has 2 aromatic rings. The lowest BCUT2D eigenvalue weighted by atomic mass is 10.1. The van der Waals surface area contributed by atoms with Crippen LogP contribution < -0.4 is 10.2 Å². The Hall–Kier alpha value is -2.46. The molecule has 1 atom stereocenters. The van der Waals surface area contributed by atoms with Gasteiger partial charge in [0, 0.05) is 22.8 Å². The molecule has 1 aliphatic rings. The van der Waals surface area contributed by atoms with Crippen LogP contribution in [0.3, 0.4) is 0 Å². The van der Waals surface area contributed by atoms with Gasteiger partial charge < -0.3 is 5.32 Å². The summed E-state index contributed by atoms with van der Waals surface area (Å²) in [6.45, 7) is 1.94. The summed E-state index contributed by atoms with van der Waals surface area (Å²) in [6, 6.07) is 14.4. The number of nitrogens with zero attached hydrogens (tertiary/aromatic N) is 2. The summed E-state index contributed by atoms with van der Waals surface area (Å²) in [6.07, 6.45) is 0.321. The number of nitrogens with one attached hydrogen (secondary N) is 1. The summed E-state index contributed by atoms with van der Waals surface area (Å²) < 4.78 is 0. The van der Waals surface area contributed by atoms with Crippen LogP contribution >= 0.6 is 35.0 Å². The average molecular weight is 446 g/mol. The number of carbonyl (C=O) groups excluding carboxylic acids is 2. The van der Waals surface area contributed by atoms with Crippen molar-refractivity contribution in [3.8, 4) is 6.07 Å². The number of halogens is 2. The summed E-state index contributed by atoms with van der Waals surface area (Å²) in [5.41, 5.74) is 2.26. The summed E-state index contributed by atoms with van der Waals surface area (Å²) in [7, 11) is 1.45. The molecule has 29 heavy (non-hydrogen) atoms. The highest BCUT2D eigenvalue weighted by molar-refractivity contribution is 8.05. The first-order chi connectivity index (χ1) is 13.8. The summed E-state index contributed by atoms with van der Waals surface area (Å²) in [5, 5.41) is 12.8. The van der Waals surface area contributed by atoms with Gasteiger partial charge in [0.1, 0.15) is 16.7 Å². The Morgan fingerprint density at radius 3 is 2.55 bits per heavy atom. The van der Waals surface area contributed by atoms with Crippen molar-refractivity contribution in [2.24, 2.45) is 0 Å². The van der Waals surface area contributed by atoms with Crippen molar-refractivity contribution in [2.45, 2.75) is 18.6 Å². The quantitative estimate of drug-likeness (QED) is 0.556. The largest absolute Gasteiger partial charge is 0.354 e. The SMILES string of the molecule is CNC(=O)/C(C#N)=C1/S[C@H](Cc2cc(Cl)ccc2Cl)C(=O)N1c1ccc(C)cc1. The zero-order chi connectivity index (χ0) is 21.1. The summed E-state index contributed by atoms with van der Waals surface area (Å²) >= 11 is 13.5. The van der Waals surface area contributed by atoms with Gasteiger partial charge in [0.25, 0.3) is 5.91 Å². The molecule has 0 unspecified atom stereocenters. The van der Waals surface area contributed by atoms with E-state index in [1.165, 1.54) is 23.7 Å². The van der Waals surface area contributed by atoms with E-state index in [-0.39, 0.29) is 11.5 Å². The molecule has 2 aromatic carbocycles. The highest BCUT2D eigenvalue weighted by Crippen LogP contribution is 2.42. The fourth-order valence-electron chi connectivity index (χ4n) is 2.94. The summed E-state index contributed by atoms with van der Waals surface area (Å²) in [4.78, 5) is 27.0. The van der Waals surface area contributed by atoms with Crippen molar-refractivity contribution in [3.63, 3.8) is 0 Å². The first kappa shape index (κ1) is 21.3. The van der Waals surface area contributed by atoms with Crippen LogP contribution in [0.2, 0.25) is 10.0 Å². The van der Waals surface area contributed by atoms with E-state index in [0.717, 1.165) is 11.1 Å². The lowest BCUT2D eigenvalue weighted by Crippen LogP contribution is -2.31. The van der Waals surface area contributed by atoms with Crippen LogP contribution in [0.4, 0.5) is 5.69 Å². The maximum absolute atomic E-state index is 13.3. The first-order valence-corrected chi connectivity index (χ1v) is 10.4. The number of thioether (sulfide) groups is 1. The number of rotatable bonds is 4. The molecule has 1 aliphatic heterocycles. The van der Waals surface area contributed by atoms with Crippen molar-refractivity contribution in [3.05, 3.63) is 74.2 Å². The van der Waals surface area contributed by atoms with E-state index in [2.05, 4.69) is 5.32 Å². The zero-order valence-corrected chi connectivity index (χ0v) is 18.0. The molecule has 5 nitrogen and oxygen atoms in total. The molecule has 2 amide bonds. The normalized spacial score (nSPS) is 17.8. The van der Waals surface area contributed by atoms with E-state index < -0.39 is 11.2 Å². The smallest absolute Gasteiger partial charge is 0.264 e. The van der Waals surface area contributed by atoms with Crippen LogP contribution in [0, 0.1) is 18.3 Å². The molecule has 0 aliphatic carbocycles. The number of likely N-dealkylation sites (N-methyl/N-ethyl adjacent to an activating group) is 1. The Kier molecular flexibility index (Phi) is 6.53. The van der Waals surface area contributed by atoms with Crippen LogP contribution in [0.25, 0.3) is 0 Å². The van der Waals surface area contributed by atoms with Gasteiger partial charge in [-0.2, -0.15) is 5.26 Å². The van der Waals surface area contributed by atoms with Crippen molar-refractivity contribution in [2.75, 3.05) is 11.9 Å². The Morgan fingerprint density at radius 2 is 1.93 bits per heavy atom. The van der Waals surface area contributed by atoms with Gasteiger partial charge >= 0.3 is 0 Å². The number of anilines is 1. The minimum absolute atomic E-state index is 0.105. The zero-order valence-electron chi connectivity index (χ0n) is 15.7. The fraction of sp³-hybridized carbons (Fsp3) is 0.190. The molecule has 0 aromatic heterocycles. The van der Waals surface area contributed by atoms with Crippen LogP contribution in [-0.4, -0.2) is 24.1 Å². The van der Waals surface area contributed by atoms with E-state index in [1.807, 2.05) is 25.1 Å². The molecule has 1 N–H and O–H groups in total. The molecule has 3 rings (SSSR count). The monoisotopic (exact) mass is 445 g/mol. The molecule has 148 valence electrons. The van der Waals surface area contributed by atoms with Gasteiger partial charge in [-0.25, -0.2) is 0 Å². The Balaban J connectivity index is 2.06. The van der Waals surface area contributed by atoms with Crippen LogP contribution in [0.5, 0.6) is 0 Å². The number of benzene rings is 2. The number of carbonyl (C=O) groups is 2. The van der Waals surface area contributed by atoms with Gasteiger partial charge in [0.15, 0.2) is 0 Å².